The van der Waals surface area contributed by atoms with Crippen molar-refractivity contribution in [1.29, 1.82) is 0 Å². The fourth-order valence-corrected chi connectivity index (χ4v) is 2.03. The van der Waals surface area contributed by atoms with Gasteiger partial charge in [-0.1, -0.05) is 20.8 Å². The van der Waals surface area contributed by atoms with E-state index in [2.05, 4.69) is 0 Å². The van der Waals surface area contributed by atoms with Crippen LogP contribution in [-0.4, -0.2) is 30.1 Å². The Morgan fingerprint density at radius 1 is 1.47 bits per heavy atom. The number of hydrogen-bond acceptors (Lipinski definition) is 3. The number of hydrogen-bond donors (Lipinski definition) is 1. The third kappa shape index (κ3) is 1.91. The van der Waals surface area contributed by atoms with E-state index in [-0.39, 0.29) is 30.6 Å². The summed E-state index contributed by atoms with van der Waals surface area (Å²) in [7, 11) is 0. The van der Waals surface area contributed by atoms with E-state index in [1.165, 1.54) is 0 Å². The monoisotopic (exact) mass is 214 g/mol. The summed E-state index contributed by atoms with van der Waals surface area (Å²) in [6, 6.07) is 0. The maximum Gasteiger partial charge on any atom is 0.319 e. The normalized spacial score (nSPS) is 29.2. The van der Waals surface area contributed by atoms with Gasteiger partial charge in [-0.25, -0.2) is 0 Å². The zero-order valence-corrected chi connectivity index (χ0v) is 9.45. The first-order valence-electron chi connectivity index (χ1n) is 5.27. The van der Waals surface area contributed by atoms with Crippen LogP contribution in [0.5, 0.6) is 0 Å². The van der Waals surface area contributed by atoms with Gasteiger partial charge in [0.25, 0.3) is 0 Å². The van der Waals surface area contributed by atoms with Crippen molar-refractivity contribution in [3.63, 3.8) is 0 Å². The molecular weight excluding hydrogens is 196 g/mol. The van der Waals surface area contributed by atoms with Crippen LogP contribution >= 0.6 is 0 Å². The van der Waals surface area contributed by atoms with Crippen molar-refractivity contribution in [2.75, 3.05) is 13.2 Å². The van der Waals surface area contributed by atoms with E-state index in [0.717, 1.165) is 0 Å². The molecular formula is C11H18O4. The van der Waals surface area contributed by atoms with Crippen LogP contribution in [0.2, 0.25) is 0 Å². The van der Waals surface area contributed by atoms with E-state index in [1.807, 2.05) is 20.8 Å². The van der Waals surface area contributed by atoms with Crippen LogP contribution in [0.4, 0.5) is 0 Å². The van der Waals surface area contributed by atoms with Crippen LogP contribution in [0.1, 0.15) is 27.2 Å². The minimum atomic E-state index is -1.33. The molecule has 0 spiro atoms. The Balaban J connectivity index is 3.06. The lowest BCUT2D eigenvalue weighted by atomic mass is 9.67. The highest BCUT2D eigenvalue weighted by Gasteiger charge is 2.52. The van der Waals surface area contributed by atoms with Crippen molar-refractivity contribution in [1.82, 2.24) is 0 Å². The molecule has 0 aromatic rings. The number of ether oxygens (including phenoxy) is 1. The molecule has 0 amide bonds. The molecule has 0 bridgehead atoms. The van der Waals surface area contributed by atoms with Gasteiger partial charge < -0.3 is 9.84 Å². The predicted molar refractivity (Wildman–Crippen MR) is 54.5 cm³/mol. The largest absolute Gasteiger partial charge is 0.480 e. The van der Waals surface area contributed by atoms with E-state index >= 15 is 0 Å². The molecule has 86 valence electrons. The number of carbonyl (C=O) groups excluding carboxylic acids is 1. The molecule has 4 heteroatoms. The molecule has 2 atom stereocenters. The summed E-state index contributed by atoms with van der Waals surface area (Å²) in [5, 5.41) is 9.28. The van der Waals surface area contributed by atoms with Crippen LogP contribution in [0, 0.1) is 17.3 Å². The first-order valence-corrected chi connectivity index (χ1v) is 5.27. The van der Waals surface area contributed by atoms with Gasteiger partial charge in [0.1, 0.15) is 0 Å². The van der Waals surface area contributed by atoms with Crippen LogP contribution in [0.3, 0.4) is 0 Å². The summed E-state index contributed by atoms with van der Waals surface area (Å²) >= 11 is 0. The summed E-state index contributed by atoms with van der Waals surface area (Å²) < 4.78 is 5.19. The zero-order chi connectivity index (χ0) is 11.6. The Morgan fingerprint density at radius 3 is 2.47 bits per heavy atom. The molecule has 1 heterocycles. The van der Waals surface area contributed by atoms with E-state index in [1.54, 1.807) is 0 Å². The maximum atomic E-state index is 11.8. The quantitative estimate of drug-likeness (QED) is 0.720. The number of rotatable bonds is 3. The molecule has 0 aromatic heterocycles. The van der Waals surface area contributed by atoms with E-state index in [4.69, 9.17) is 4.74 Å². The molecule has 0 radical (unpaired) electrons. The highest BCUT2D eigenvalue weighted by molar-refractivity contribution is 6.04. The fourth-order valence-electron chi connectivity index (χ4n) is 2.03. The Hall–Kier alpha value is -0.900. The van der Waals surface area contributed by atoms with Gasteiger partial charge in [-0.3, -0.25) is 9.59 Å². The number of aliphatic carboxylic acids is 1. The lowest BCUT2D eigenvalue weighted by Crippen LogP contribution is -2.52. The van der Waals surface area contributed by atoms with Gasteiger partial charge in [0.2, 0.25) is 0 Å². The van der Waals surface area contributed by atoms with Crippen molar-refractivity contribution in [3.8, 4) is 0 Å². The summed E-state index contributed by atoms with van der Waals surface area (Å²) in [4.78, 5) is 23.2. The third-order valence-electron chi connectivity index (χ3n) is 3.46. The van der Waals surface area contributed by atoms with E-state index in [0.29, 0.717) is 6.61 Å². The lowest BCUT2D eigenvalue weighted by Gasteiger charge is -2.38. The average molecular weight is 214 g/mol. The van der Waals surface area contributed by atoms with Crippen LogP contribution in [0.15, 0.2) is 0 Å². The summed E-state index contributed by atoms with van der Waals surface area (Å²) in [5.41, 5.74) is -1.33. The Kier molecular flexibility index (Phi) is 3.50. The van der Waals surface area contributed by atoms with Crippen LogP contribution < -0.4 is 0 Å². The van der Waals surface area contributed by atoms with E-state index in [9.17, 15) is 14.7 Å². The van der Waals surface area contributed by atoms with Gasteiger partial charge in [-0.2, -0.15) is 0 Å². The Morgan fingerprint density at radius 2 is 2.07 bits per heavy atom. The topological polar surface area (TPSA) is 63.6 Å². The predicted octanol–water partition coefficient (Wildman–Crippen LogP) is 1.34. The molecule has 2 unspecified atom stereocenters. The molecule has 0 aromatic carbocycles. The molecule has 1 fully saturated rings. The van der Waals surface area contributed by atoms with E-state index < -0.39 is 11.4 Å². The third-order valence-corrected chi connectivity index (χ3v) is 3.46. The van der Waals surface area contributed by atoms with Crippen molar-refractivity contribution < 1.29 is 19.4 Å². The molecule has 1 aliphatic rings. The molecule has 1 aliphatic heterocycles. The minimum Gasteiger partial charge on any atom is -0.480 e. The molecule has 0 saturated carbocycles. The highest BCUT2D eigenvalue weighted by atomic mass is 16.5. The Bertz CT molecular complexity index is 272. The highest BCUT2D eigenvalue weighted by Crippen LogP contribution is 2.38. The van der Waals surface area contributed by atoms with Gasteiger partial charge in [-0.15, -0.1) is 0 Å². The zero-order valence-electron chi connectivity index (χ0n) is 9.45. The molecule has 1 N–H and O–H groups in total. The molecule has 1 saturated heterocycles. The van der Waals surface area contributed by atoms with Gasteiger partial charge in [0.15, 0.2) is 11.2 Å². The molecule has 1 rings (SSSR count). The average Bonchev–Trinajstić information content (AvgIpc) is 2.17. The van der Waals surface area contributed by atoms with Gasteiger partial charge >= 0.3 is 5.97 Å². The lowest BCUT2D eigenvalue weighted by molar-refractivity contribution is -0.171. The number of Topliss-reactive ketones (excluding diaryl/α,β-unsaturated/α-hetero) is 1. The first kappa shape index (κ1) is 12.2. The van der Waals surface area contributed by atoms with Crippen molar-refractivity contribution in [2.45, 2.75) is 27.2 Å². The molecule has 0 aliphatic carbocycles. The van der Waals surface area contributed by atoms with Gasteiger partial charge in [0, 0.05) is 6.42 Å². The second-order valence-electron chi connectivity index (χ2n) is 4.53. The minimum absolute atomic E-state index is 0.0144. The number of ketones is 1. The Labute approximate surface area is 89.6 Å². The van der Waals surface area contributed by atoms with Crippen molar-refractivity contribution in [3.05, 3.63) is 0 Å². The van der Waals surface area contributed by atoms with Crippen molar-refractivity contribution in [2.24, 2.45) is 17.3 Å². The number of carboxylic acid groups (broad SMARTS) is 1. The molecule has 15 heavy (non-hydrogen) atoms. The van der Waals surface area contributed by atoms with Gasteiger partial charge in [-0.05, 0) is 11.8 Å². The summed E-state index contributed by atoms with van der Waals surface area (Å²) in [6.07, 6.45) is 0.212. The SMILES string of the molecule is CC(C)C(C)C1(C(=O)O)COCCC1=O. The second kappa shape index (κ2) is 4.31. The molecule has 4 nitrogen and oxygen atoms in total. The van der Waals surface area contributed by atoms with Gasteiger partial charge in [0.05, 0.1) is 13.2 Å². The fraction of sp³-hybridized carbons (Fsp3) is 0.818. The van der Waals surface area contributed by atoms with Crippen LogP contribution in [0.25, 0.3) is 0 Å². The standard InChI is InChI=1S/C11H18O4/c1-7(2)8(3)11(10(13)14)6-15-5-4-9(11)12/h7-8H,4-6H2,1-3H3,(H,13,14). The number of carboxylic acids is 1. The first-order chi connectivity index (χ1) is 6.93. The maximum absolute atomic E-state index is 11.8. The summed E-state index contributed by atoms with van der Waals surface area (Å²) in [5.74, 6) is -1.30. The number of carbonyl (C=O) groups is 2. The van der Waals surface area contributed by atoms with Crippen molar-refractivity contribution >= 4 is 11.8 Å². The second-order valence-corrected chi connectivity index (χ2v) is 4.53. The van der Waals surface area contributed by atoms with Crippen LogP contribution in [-0.2, 0) is 14.3 Å². The summed E-state index contributed by atoms with van der Waals surface area (Å²) in [6.45, 7) is 6.03. The smallest absolute Gasteiger partial charge is 0.319 e.